The monoisotopic (exact) mass is 360 g/mol. The molecule has 0 saturated heterocycles. The molecule has 0 bridgehead atoms. The molecule has 0 fully saturated rings. The molecule has 0 aliphatic carbocycles. The molecule has 0 amide bonds. The lowest BCUT2D eigenvalue weighted by Gasteiger charge is -2.24. The maximum absolute atomic E-state index is 12.5. The Morgan fingerprint density at radius 1 is 0.630 bits per heavy atom. The highest BCUT2D eigenvalue weighted by molar-refractivity contribution is 5.90. The minimum atomic E-state index is -0.716. The topological polar surface area (TPSA) is 52.6 Å². The number of benzene rings is 3. The van der Waals surface area contributed by atoms with Crippen molar-refractivity contribution in [3.63, 3.8) is 0 Å². The standard InChI is InChI=1S/C23H20O4/c1-17(26-22(24)19-13-7-3-8-14-19)21(18-11-5-2-6-12-18)27-23(25)20-15-9-4-10-16-20/h2-17,21H,1H3/t17-,21-/m0/s1. The first kappa shape index (κ1) is 18.4. The summed E-state index contributed by atoms with van der Waals surface area (Å²) in [4.78, 5) is 24.9. The highest BCUT2D eigenvalue weighted by atomic mass is 16.6. The van der Waals surface area contributed by atoms with E-state index in [4.69, 9.17) is 9.47 Å². The van der Waals surface area contributed by atoms with E-state index in [1.54, 1.807) is 55.5 Å². The molecule has 27 heavy (non-hydrogen) atoms. The summed E-state index contributed by atoms with van der Waals surface area (Å²) in [6.45, 7) is 1.72. The van der Waals surface area contributed by atoms with E-state index in [1.807, 2.05) is 42.5 Å². The van der Waals surface area contributed by atoms with E-state index < -0.39 is 24.1 Å². The SMILES string of the molecule is C[C@H](OC(=O)c1ccccc1)[C@H](OC(=O)c1ccccc1)c1ccccc1. The van der Waals surface area contributed by atoms with E-state index in [-0.39, 0.29) is 0 Å². The molecule has 0 radical (unpaired) electrons. The highest BCUT2D eigenvalue weighted by Crippen LogP contribution is 2.25. The lowest BCUT2D eigenvalue weighted by molar-refractivity contribution is -0.0312. The number of carbonyl (C=O) groups is 2. The zero-order chi connectivity index (χ0) is 19.1. The number of carbonyl (C=O) groups excluding carboxylic acids is 2. The third-order valence-corrected chi connectivity index (χ3v) is 4.10. The van der Waals surface area contributed by atoms with Crippen molar-refractivity contribution in [3.8, 4) is 0 Å². The summed E-state index contributed by atoms with van der Waals surface area (Å²) in [5, 5.41) is 0. The molecule has 0 N–H and O–H groups in total. The van der Waals surface area contributed by atoms with Crippen LogP contribution < -0.4 is 0 Å². The Labute approximate surface area is 158 Å². The molecule has 4 heteroatoms. The summed E-state index contributed by atoms with van der Waals surface area (Å²) in [7, 11) is 0. The van der Waals surface area contributed by atoms with E-state index >= 15 is 0 Å². The maximum Gasteiger partial charge on any atom is 0.338 e. The Bertz CT molecular complexity index is 876. The van der Waals surface area contributed by atoms with Crippen LogP contribution in [-0.2, 0) is 9.47 Å². The molecule has 3 rings (SSSR count). The predicted molar refractivity (Wildman–Crippen MR) is 102 cm³/mol. The minimum absolute atomic E-state index is 0.444. The molecule has 0 aliphatic heterocycles. The van der Waals surface area contributed by atoms with Crippen LogP contribution >= 0.6 is 0 Å². The van der Waals surface area contributed by atoms with E-state index in [0.29, 0.717) is 11.1 Å². The van der Waals surface area contributed by atoms with Gasteiger partial charge in [0, 0.05) is 0 Å². The van der Waals surface area contributed by atoms with Crippen LogP contribution in [0.4, 0.5) is 0 Å². The molecule has 2 atom stereocenters. The van der Waals surface area contributed by atoms with Gasteiger partial charge in [0.2, 0.25) is 0 Å². The molecule has 0 aliphatic rings. The molecule has 3 aromatic rings. The average molecular weight is 360 g/mol. The minimum Gasteiger partial charge on any atom is -0.455 e. The second-order valence-corrected chi connectivity index (χ2v) is 6.08. The third kappa shape index (κ3) is 4.82. The molecule has 0 heterocycles. The molecular weight excluding hydrogens is 340 g/mol. The number of esters is 2. The second-order valence-electron chi connectivity index (χ2n) is 6.08. The normalized spacial score (nSPS) is 12.6. The van der Waals surface area contributed by atoms with Gasteiger partial charge in [0.15, 0.2) is 6.10 Å². The van der Waals surface area contributed by atoms with Gasteiger partial charge in [-0.25, -0.2) is 9.59 Å². The van der Waals surface area contributed by atoms with Crippen LogP contribution in [-0.4, -0.2) is 18.0 Å². The van der Waals surface area contributed by atoms with Gasteiger partial charge in [0.1, 0.15) is 6.10 Å². The summed E-state index contributed by atoms with van der Waals surface area (Å²) in [6, 6.07) is 26.7. The van der Waals surface area contributed by atoms with Gasteiger partial charge >= 0.3 is 11.9 Å². The van der Waals surface area contributed by atoms with Crippen LogP contribution in [0.1, 0.15) is 39.3 Å². The summed E-state index contributed by atoms with van der Waals surface area (Å²) < 4.78 is 11.3. The predicted octanol–water partition coefficient (Wildman–Crippen LogP) is 4.83. The molecule has 3 aromatic carbocycles. The average Bonchev–Trinajstić information content (AvgIpc) is 2.73. The van der Waals surface area contributed by atoms with E-state index in [2.05, 4.69) is 0 Å². The number of hydrogen-bond donors (Lipinski definition) is 0. The van der Waals surface area contributed by atoms with Gasteiger partial charge in [0.25, 0.3) is 0 Å². The molecule has 0 aromatic heterocycles. The smallest absolute Gasteiger partial charge is 0.338 e. The van der Waals surface area contributed by atoms with Crippen molar-refractivity contribution in [1.82, 2.24) is 0 Å². The van der Waals surface area contributed by atoms with Crippen molar-refractivity contribution in [2.45, 2.75) is 19.1 Å². The molecular formula is C23H20O4. The second kappa shape index (κ2) is 8.81. The van der Waals surface area contributed by atoms with E-state index in [1.165, 1.54) is 0 Å². The highest BCUT2D eigenvalue weighted by Gasteiger charge is 2.27. The number of hydrogen-bond acceptors (Lipinski definition) is 4. The molecule has 0 spiro atoms. The van der Waals surface area contributed by atoms with Gasteiger partial charge in [-0.05, 0) is 36.8 Å². The molecule has 4 nitrogen and oxygen atoms in total. The van der Waals surface area contributed by atoms with Crippen LogP contribution in [0.15, 0.2) is 91.0 Å². The Morgan fingerprint density at radius 2 is 1.04 bits per heavy atom. The van der Waals surface area contributed by atoms with Gasteiger partial charge in [-0.3, -0.25) is 0 Å². The molecule has 0 saturated carbocycles. The van der Waals surface area contributed by atoms with E-state index in [0.717, 1.165) is 5.56 Å². The largest absolute Gasteiger partial charge is 0.455 e. The fourth-order valence-corrected chi connectivity index (χ4v) is 2.71. The van der Waals surface area contributed by atoms with Gasteiger partial charge < -0.3 is 9.47 Å². The first-order valence-electron chi connectivity index (χ1n) is 8.72. The fraction of sp³-hybridized carbons (Fsp3) is 0.130. The first-order chi connectivity index (χ1) is 13.1. The van der Waals surface area contributed by atoms with Crippen molar-refractivity contribution in [3.05, 3.63) is 108 Å². The maximum atomic E-state index is 12.5. The Morgan fingerprint density at radius 3 is 1.52 bits per heavy atom. The lowest BCUT2D eigenvalue weighted by atomic mass is 10.0. The van der Waals surface area contributed by atoms with Crippen LogP contribution in [0.3, 0.4) is 0 Å². The molecule has 136 valence electrons. The van der Waals surface area contributed by atoms with Gasteiger partial charge in [-0.1, -0.05) is 66.7 Å². The summed E-state index contributed by atoms with van der Waals surface area (Å²) in [5.74, 6) is -0.924. The van der Waals surface area contributed by atoms with Crippen molar-refractivity contribution < 1.29 is 19.1 Å². The Balaban J connectivity index is 1.79. The van der Waals surface area contributed by atoms with Crippen LogP contribution in [0.2, 0.25) is 0 Å². The van der Waals surface area contributed by atoms with Crippen LogP contribution in [0.5, 0.6) is 0 Å². The van der Waals surface area contributed by atoms with E-state index in [9.17, 15) is 9.59 Å². The summed E-state index contributed by atoms with van der Waals surface area (Å²) in [5.41, 5.74) is 1.65. The van der Waals surface area contributed by atoms with Crippen molar-refractivity contribution in [2.75, 3.05) is 0 Å². The number of rotatable bonds is 6. The van der Waals surface area contributed by atoms with Crippen molar-refractivity contribution >= 4 is 11.9 Å². The Kier molecular flexibility index (Phi) is 6.00. The van der Waals surface area contributed by atoms with Gasteiger partial charge in [-0.15, -0.1) is 0 Å². The molecule has 0 unspecified atom stereocenters. The van der Waals surface area contributed by atoms with Gasteiger partial charge in [0.05, 0.1) is 11.1 Å². The third-order valence-electron chi connectivity index (χ3n) is 4.10. The fourth-order valence-electron chi connectivity index (χ4n) is 2.71. The van der Waals surface area contributed by atoms with Crippen molar-refractivity contribution in [2.24, 2.45) is 0 Å². The first-order valence-corrected chi connectivity index (χ1v) is 8.72. The number of ether oxygens (including phenoxy) is 2. The Hall–Kier alpha value is -3.40. The van der Waals surface area contributed by atoms with Gasteiger partial charge in [-0.2, -0.15) is 0 Å². The zero-order valence-electron chi connectivity index (χ0n) is 14.9. The zero-order valence-corrected chi connectivity index (χ0v) is 14.9. The summed E-state index contributed by atoms with van der Waals surface area (Å²) in [6.07, 6.45) is -1.38. The van der Waals surface area contributed by atoms with Crippen LogP contribution in [0, 0.1) is 0 Å². The van der Waals surface area contributed by atoms with Crippen LogP contribution in [0.25, 0.3) is 0 Å². The summed E-state index contributed by atoms with van der Waals surface area (Å²) >= 11 is 0. The quantitative estimate of drug-likeness (QED) is 0.591. The lowest BCUT2D eigenvalue weighted by Crippen LogP contribution is -2.27. The van der Waals surface area contributed by atoms with Crippen molar-refractivity contribution in [1.29, 1.82) is 0 Å².